The molecule has 4 nitrogen and oxygen atoms in total. The number of benzene rings is 2. The summed E-state index contributed by atoms with van der Waals surface area (Å²) in [6, 6.07) is 16.0. The highest BCUT2D eigenvalue weighted by atomic mass is 16.5. The van der Waals surface area contributed by atoms with Crippen LogP contribution in [0.25, 0.3) is 11.0 Å². The van der Waals surface area contributed by atoms with Crippen molar-refractivity contribution < 1.29 is 9.30 Å². The molecular weight excluding hydrogens is 262 g/mol. The van der Waals surface area contributed by atoms with Gasteiger partial charge in [0.2, 0.25) is 0 Å². The lowest BCUT2D eigenvalue weighted by Gasteiger charge is -2.04. The summed E-state index contributed by atoms with van der Waals surface area (Å²) >= 11 is 0. The van der Waals surface area contributed by atoms with Crippen LogP contribution in [0.2, 0.25) is 0 Å². The van der Waals surface area contributed by atoms with E-state index in [1.165, 1.54) is 0 Å². The van der Waals surface area contributed by atoms with Crippen molar-refractivity contribution in [3.8, 4) is 5.75 Å². The number of H-pyrrole nitrogens is 1. The number of hydrogen-bond acceptors (Lipinski definition) is 2. The highest BCUT2D eigenvalue weighted by molar-refractivity contribution is 5.85. The number of aromatic amines is 1. The van der Waals surface area contributed by atoms with Crippen LogP contribution in [0.4, 0.5) is 5.95 Å². The maximum Gasteiger partial charge on any atom is 0.396 e. The molecule has 0 unspecified atom stereocenters. The summed E-state index contributed by atoms with van der Waals surface area (Å²) in [5.74, 6) is 1.66. The zero-order chi connectivity index (χ0) is 14.7. The fourth-order valence-corrected chi connectivity index (χ4v) is 2.31. The highest BCUT2D eigenvalue weighted by Crippen LogP contribution is 2.17. The number of fused-ring (bicyclic) bond motifs is 1. The molecule has 3 rings (SSSR count). The number of rotatable bonds is 4. The molecule has 0 aliphatic heterocycles. The van der Waals surface area contributed by atoms with Crippen molar-refractivity contribution in [3.05, 3.63) is 54.1 Å². The molecule has 0 aliphatic carbocycles. The number of nitrogens with one attached hydrogen (secondary N) is 1. The molecule has 4 heteroatoms. The molecule has 0 radical (unpaired) electrons. The van der Waals surface area contributed by atoms with Gasteiger partial charge in [-0.1, -0.05) is 29.3 Å². The van der Waals surface area contributed by atoms with Gasteiger partial charge in [-0.2, -0.15) is 0 Å². The average Bonchev–Trinajstić information content (AvgIpc) is 2.84. The quantitative estimate of drug-likeness (QED) is 0.579. The van der Waals surface area contributed by atoms with Crippen LogP contribution in [0.1, 0.15) is 12.5 Å². The van der Waals surface area contributed by atoms with Crippen molar-refractivity contribution in [1.82, 2.24) is 4.98 Å². The zero-order valence-corrected chi connectivity index (χ0v) is 12.2. The number of aryl methyl sites for hydroxylation is 1. The Kier molecular flexibility index (Phi) is 3.69. The summed E-state index contributed by atoms with van der Waals surface area (Å²) in [5, 5.41) is 0. The number of imidazole rings is 1. The molecular formula is C17H18N3O+. The maximum atomic E-state index is 5.61. The summed E-state index contributed by atoms with van der Waals surface area (Å²) < 4.78 is 7.64. The third-order valence-corrected chi connectivity index (χ3v) is 3.37. The van der Waals surface area contributed by atoms with Crippen LogP contribution in [-0.4, -0.2) is 17.8 Å². The first-order valence-electron chi connectivity index (χ1n) is 7.02. The third-order valence-electron chi connectivity index (χ3n) is 3.37. The SMILES string of the molecule is CCOc1ccccc1C=Nc1[nH]c2ccccc2[n+]1C. The minimum absolute atomic E-state index is 0.644. The van der Waals surface area contributed by atoms with Gasteiger partial charge in [0.05, 0.1) is 19.2 Å². The Hall–Kier alpha value is -2.62. The van der Waals surface area contributed by atoms with Crippen LogP contribution in [0, 0.1) is 0 Å². The number of aromatic nitrogens is 2. The molecule has 106 valence electrons. The van der Waals surface area contributed by atoms with Gasteiger partial charge in [0.15, 0.2) is 0 Å². The summed E-state index contributed by atoms with van der Waals surface area (Å²) in [6.45, 7) is 2.62. The van der Waals surface area contributed by atoms with Crippen LogP contribution < -0.4 is 9.30 Å². The van der Waals surface area contributed by atoms with E-state index in [9.17, 15) is 0 Å². The second kappa shape index (κ2) is 5.79. The Morgan fingerprint density at radius 1 is 1.14 bits per heavy atom. The Bertz CT molecular complexity index is 790. The second-order valence-electron chi connectivity index (χ2n) is 4.75. The van der Waals surface area contributed by atoms with E-state index in [2.05, 4.69) is 16.0 Å². The minimum Gasteiger partial charge on any atom is -0.493 e. The molecule has 0 atom stereocenters. The Morgan fingerprint density at radius 2 is 1.90 bits per heavy atom. The van der Waals surface area contributed by atoms with Gasteiger partial charge >= 0.3 is 5.95 Å². The molecule has 0 saturated heterocycles. The molecule has 3 aromatic rings. The van der Waals surface area contributed by atoms with Crippen molar-refractivity contribution in [2.24, 2.45) is 12.0 Å². The summed E-state index contributed by atoms with van der Waals surface area (Å²) in [4.78, 5) is 7.87. The number of hydrogen-bond donors (Lipinski definition) is 1. The fraction of sp³-hybridized carbons (Fsp3) is 0.176. The summed E-state index contributed by atoms with van der Waals surface area (Å²) in [7, 11) is 2.00. The molecule has 1 N–H and O–H groups in total. The van der Waals surface area contributed by atoms with Crippen LogP contribution in [-0.2, 0) is 7.05 Å². The monoisotopic (exact) mass is 280 g/mol. The number of aliphatic imine (C=N–C) groups is 1. The first-order valence-corrected chi connectivity index (χ1v) is 7.02. The van der Waals surface area contributed by atoms with Crippen LogP contribution >= 0.6 is 0 Å². The predicted octanol–water partition coefficient (Wildman–Crippen LogP) is 3.14. The van der Waals surface area contributed by atoms with Crippen molar-refractivity contribution in [2.75, 3.05) is 6.61 Å². The molecule has 2 aromatic carbocycles. The predicted molar refractivity (Wildman–Crippen MR) is 84.3 cm³/mol. The van der Waals surface area contributed by atoms with Gasteiger partial charge in [-0.25, -0.2) is 9.55 Å². The van der Waals surface area contributed by atoms with E-state index in [0.29, 0.717) is 6.61 Å². The van der Waals surface area contributed by atoms with E-state index in [1.807, 2.05) is 67.2 Å². The van der Waals surface area contributed by atoms with Gasteiger partial charge in [-0.15, -0.1) is 0 Å². The van der Waals surface area contributed by atoms with Crippen molar-refractivity contribution in [3.63, 3.8) is 0 Å². The lowest BCUT2D eigenvalue weighted by molar-refractivity contribution is -0.631. The molecule has 0 bridgehead atoms. The Labute approximate surface area is 123 Å². The molecule has 1 aromatic heterocycles. The van der Waals surface area contributed by atoms with Crippen molar-refractivity contribution in [2.45, 2.75) is 6.92 Å². The smallest absolute Gasteiger partial charge is 0.396 e. The van der Waals surface area contributed by atoms with Gasteiger partial charge in [0, 0.05) is 0 Å². The molecule has 0 amide bonds. The highest BCUT2D eigenvalue weighted by Gasteiger charge is 2.12. The molecule has 1 heterocycles. The number of ether oxygens (including phenoxy) is 1. The van der Waals surface area contributed by atoms with Gasteiger partial charge in [-0.3, -0.25) is 0 Å². The van der Waals surface area contributed by atoms with E-state index in [4.69, 9.17) is 4.74 Å². The van der Waals surface area contributed by atoms with E-state index < -0.39 is 0 Å². The molecule has 0 spiro atoms. The second-order valence-corrected chi connectivity index (χ2v) is 4.75. The summed E-state index contributed by atoms with van der Waals surface area (Å²) in [5.41, 5.74) is 3.17. The fourth-order valence-electron chi connectivity index (χ4n) is 2.31. The van der Waals surface area contributed by atoms with E-state index >= 15 is 0 Å². The largest absolute Gasteiger partial charge is 0.493 e. The van der Waals surface area contributed by atoms with E-state index in [1.54, 1.807) is 0 Å². The minimum atomic E-state index is 0.644. The normalized spacial score (nSPS) is 11.3. The molecule has 21 heavy (non-hydrogen) atoms. The number of nitrogens with zero attached hydrogens (tertiary/aromatic N) is 2. The lowest BCUT2D eigenvalue weighted by atomic mass is 10.2. The molecule has 0 aliphatic rings. The number of para-hydroxylation sites is 3. The summed E-state index contributed by atoms with van der Waals surface area (Å²) in [6.07, 6.45) is 1.83. The van der Waals surface area contributed by atoms with Crippen molar-refractivity contribution >= 4 is 23.2 Å². The average molecular weight is 280 g/mol. The molecule has 0 saturated carbocycles. The van der Waals surface area contributed by atoms with Gasteiger partial charge < -0.3 is 4.74 Å². The zero-order valence-electron chi connectivity index (χ0n) is 12.2. The Morgan fingerprint density at radius 3 is 2.71 bits per heavy atom. The van der Waals surface area contributed by atoms with E-state index in [0.717, 1.165) is 28.3 Å². The Balaban J connectivity index is 1.96. The van der Waals surface area contributed by atoms with Crippen LogP contribution in [0.5, 0.6) is 5.75 Å². The van der Waals surface area contributed by atoms with Crippen molar-refractivity contribution in [1.29, 1.82) is 0 Å². The van der Waals surface area contributed by atoms with Crippen LogP contribution in [0.3, 0.4) is 0 Å². The van der Waals surface area contributed by atoms with E-state index in [-0.39, 0.29) is 0 Å². The maximum absolute atomic E-state index is 5.61. The van der Waals surface area contributed by atoms with Crippen LogP contribution in [0.15, 0.2) is 53.5 Å². The topological polar surface area (TPSA) is 41.3 Å². The molecule has 0 fully saturated rings. The third kappa shape index (κ3) is 2.65. The first-order chi connectivity index (χ1) is 10.3. The van der Waals surface area contributed by atoms with Gasteiger partial charge in [0.1, 0.15) is 23.0 Å². The first kappa shape index (κ1) is 13.4. The standard InChI is InChI=1S/C17H17N3O/c1-3-21-16-11-7-4-8-13(16)12-18-17-19-14-9-5-6-10-15(14)20(17)2/h4-12H,3H2,1-2H3/p+1. The van der Waals surface area contributed by atoms with Gasteiger partial charge in [0.25, 0.3) is 0 Å². The lowest BCUT2D eigenvalue weighted by Crippen LogP contribution is -2.26. The van der Waals surface area contributed by atoms with Gasteiger partial charge in [-0.05, 0) is 31.2 Å².